The molecule has 1 heterocycles. The first-order valence-corrected chi connectivity index (χ1v) is 6.36. The van der Waals surface area contributed by atoms with Gasteiger partial charge in [0.05, 0.1) is 15.9 Å². The molecule has 102 valence electrons. The molecule has 1 nitrogen and oxygen atoms in total. The quantitative estimate of drug-likeness (QED) is 0.806. The molecule has 1 aromatic carbocycles. The number of hydrogen-bond acceptors (Lipinski definition) is 2. The van der Waals surface area contributed by atoms with E-state index in [1.807, 2.05) is 0 Å². The van der Waals surface area contributed by atoms with E-state index in [1.54, 1.807) is 12.1 Å². The first kappa shape index (κ1) is 14.3. The number of rotatable bonds is 2. The predicted molar refractivity (Wildman–Crippen MR) is 66.8 cm³/mol. The van der Waals surface area contributed by atoms with Crippen LogP contribution in [-0.4, -0.2) is 0 Å². The van der Waals surface area contributed by atoms with Crippen molar-refractivity contribution in [3.05, 3.63) is 56.5 Å². The fourth-order valence-corrected chi connectivity index (χ4v) is 2.71. The third-order valence-electron chi connectivity index (χ3n) is 2.56. The largest absolute Gasteiger partial charge is 0.419 e. The van der Waals surface area contributed by atoms with Gasteiger partial charge in [-0.15, -0.1) is 11.3 Å². The van der Waals surface area contributed by atoms with Gasteiger partial charge < -0.3 is 5.73 Å². The summed E-state index contributed by atoms with van der Waals surface area (Å²) in [4.78, 5) is 0.657. The van der Waals surface area contributed by atoms with Crippen molar-refractivity contribution < 1.29 is 17.6 Å². The van der Waals surface area contributed by atoms with Crippen molar-refractivity contribution in [3.8, 4) is 0 Å². The fraction of sp³-hybridized carbons (Fsp3) is 0.167. The monoisotopic (exact) mass is 309 g/mol. The Labute approximate surface area is 115 Å². The highest BCUT2D eigenvalue weighted by Gasteiger charge is 2.34. The molecule has 0 radical (unpaired) electrons. The van der Waals surface area contributed by atoms with Gasteiger partial charge in [-0.3, -0.25) is 0 Å². The highest BCUT2D eigenvalue weighted by Crippen LogP contribution is 2.34. The van der Waals surface area contributed by atoms with Gasteiger partial charge in [0.2, 0.25) is 0 Å². The molecule has 0 aliphatic carbocycles. The van der Waals surface area contributed by atoms with Gasteiger partial charge in [-0.05, 0) is 29.8 Å². The summed E-state index contributed by atoms with van der Waals surface area (Å²) in [7, 11) is 0. The van der Waals surface area contributed by atoms with E-state index < -0.39 is 23.6 Å². The third kappa shape index (κ3) is 3.08. The molecule has 1 aromatic heterocycles. The van der Waals surface area contributed by atoms with E-state index in [0.717, 1.165) is 6.07 Å². The topological polar surface area (TPSA) is 26.0 Å². The SMILES string of the molecule is NC(c1ccc(C(F)(F)F)c(F)c1)c1ccc(Cl)s1. The van der Waals surface area contributed by atoms with Gasteiger partial charge in [0.15, 0.2) is 0 Å². The Morgan fingerprint density at radius 2 is 1.84 bits per heavy atom. The highest BCUT2D eigenvalue weighted by molar-refractivity contribution is 7.16. The molecule has 0 bridgehead atoms. The Morgan fingerprint density at radius 3 is 2.32 bits per heavy atom. The number of alkyl halides is 3. The van der Waals surface area contributed by atoms with Gasteiger partial charge >= 0.3 is 6.18 Å². The van der Waals surface area contributed by atoms with Crippen LogP contribution in [0, 0.1) is 5.82 Å². The second kappa shape index (κ2) is 5.11. The summed E-state index contributed by atoms with van der Waals surface area (Å²) < 4.78 is 51.2. The smallest absolute Gasteiger partial charge is 0.320 e. The van der Waals surface area contributed by atoms with E-state index in [4.69, 9.17) is 17.3 Å². The number of hydrogen-bond donors (Lipinski definition) is 1. The van der Waals surface area contributed by atoms with Crippen LogP contribution >= 0.6 is 22.9 Å². The molecule has 0 fully saturated rings. The molecule has 2 N–H and O–H groups in total. The maximum atomic E-state index is 13.4. The molecule has 2 aromatic rings. The summed E-state index contributed by atoms with van der Waals surface area (Å²) in [6.07, 6.45) is -4.71. The predicted octanol–water partition coefficient (Wildman–Crippen LogP) is 4.61. The molecule has 7 heteroatoms. The van der Waals surface area contributed by atoms with Crippen LogP contribution in [0.3, 0.4) is 0 Å². The first-order valence-electron chi connectivity index (χ1n) is 5.16. The van der Waals surface area contributed by atoms with Crippen molar-refractivity contribution in [1.29, 1.82) is 0 Å². The summed E-state index contributed by atoms with van der Waals surface area (Å²) in [6, 6.07) is 5.26. The number of nitrogens with two attached hydrogens (primary N) is 1. The molecule has 0 aliphatic heterocycles. The van der Waals surface area contributed by atoms with Gasteiger partial charge in [-0.25, -0.2) is 4.39 Å². The Kier molecular flexibility index (Phi) is 3.85. The van der Waals surface area contributed by atoms with Gasteiger partial charge in [0.25, 0.3) is 0 Å². The van der Waals surface area contributed by atoms with Crippen molar-refractivity contribution in [2.45, 2.75) is 12.2 Å². The average Bonchev–Trinajstić information content (AvgIpc) is 2.73. The number of benzene rings is 1. The Balaban J connectivity index is 2.35. The van der Waals surface area contributed by atoms with E-state index in [9.17, 15) is 17.6 Å². The number of thiophene rings is 1. The Bertz CT molecular complexity index is 594. The van der Waals surface area contributed by atoms with Crippen molar-refractivity contribution in [3.63, 3.8) is 0 Å². The van der Waals surface area contributed by atoms with E-state index in [-0.39, 0.29) is 5.56 Å². The summed E-state index contributed by atoms with van der Waals surface area (Å²) in [6.45, 7) is 0. The summed E-state index contributed by atoms with van der Waals surface area (Å²) in [5.74, 6) is -1.33. The summed E-state index contributed by atoms with van der Waals surface area (Å²) in [5, 5.41) is 0. The Morgan fingerprint density at radius 1 is 1.16 bits per heavy atom. The lowest BCUT2D eigenvalue weighted by Gasteiger charge is -2.13. The molecule has 0 saturated heterocycles. The normalized spacial score (nSPS) is 13.6. The van der Waals surface area contributed by atoms with Crippen LogP contribution in [0.1, 0.15) is 22.0 Å². The zero-order valence-corrected chi connectivity index (χ0v) is 10.9. The standard InChI is InChI=1S/C12H8ClF4NS/c13-10-4-3-9(19-10)11(18)6-1-2-7(8(14)5-6)12(15,16)17/h1-5,11H,18H2. The molecule has 19 heavy (non-hydrogen) atoms. The molecule has 0 amide bonds. The van der Waals surface area contributed by atoms with Crippen molar-refractivity contribution in [2.75, 3.05) is 0 Å². The molecular weight excluding hydrogens is 302 g/mol. The third-order valence-corrected chi connectivity index (χ3v) is 3.87. The van der Waals surface area contributed by atoms with Crippen LogP contribution in [0.4, 0.5) is 17.6 Å². The van der Waals surface area contributed by atoms with Crippen LogP contribution < -0.4 is 5.73 Å². The number of halogens is 5. The van der Waals surface area contributed by atoms with Crippen molar-refractivity contribution in [2.24, 2.45) is 5.73 Å². The van der Waals surface area contributed by atoms with Gasteiger partial charge in [-0.2, -0.15) is 13.2 Å². The van der Waals surface area contributed by atoms with Crippen molar-refractivity contribution in [1.82, 2.24) is 0 Å². The van der Waals surface area contributed by atoms with Crippen LogP contribution in [0.25, 0.3) is 0 Å². The lowest BCUT2D eigenvalue weighted by atomic mass is 10.0. The summed E-state index contributed by atoms with van der Waals surface area (Å²) >= 11 is 6.95. The van der Waals surface area contributed by atoms with E-state index in [2.05, 4.69) is 0 Å². The van der Waals surface area contributed by atoms with Gasteiger partial charge in [0.1, 0.15) is 5.82 Å². The van der Waals surface area contributed by atoms with E-state index >= 15 is 0 Å². The Hall–Kier alpha value is -1.11. The zero-order valence-electron chi connectivity index (χ0n) is 9.34. The first-order chi connectivity index (χ1) is 8.79. The second-order valence-corrected chi connectivity index (χ2v) is 5.60. The molecule has 1 unspecified atom stereocenters. The highest BCUT2D eigenvalue weighted by atomic mass is 35.5. The van der Waals surface area contributed by atoms with Gasteiger partial charge in [0, 0.05) is 4.88 Å². The van der Waals surface area contributed by atoms with Crippen LogP contribution in [0.2, 0.25) is 4.34 Å². The minimum Gasteiger partial charge on any atom is -0.320 e. The maximum absolute atomic E-state index is 13.4. The average molecular weight is 310 g/mol. The van der Waals surface area contributed by atoms with E-state index in [1.165, 1.54) is 17.4 Å². The molecule has 0 spiro atoms. The molecular formula is C12H8ClF4NS. The van der Waals surface area contributed by atoms with Crippen LogP contribution in [-0.2, 0) is 6.18 Å². The van der Waals surface area contributed by atoms with Crippen LogP contribution in [0.5, 0.6) is 0 Å². The summed E-state index contributed by atoms with van der Waals surface area (Å²) in [5.41, 5.74) is 4.83. The second-order valence-electron chi connectivity index (χ2n) is 3.86. The van der Waals surface area contributed by atoms with Crippen molar-refractivity contribution >= 4 is 22.9 Å². The molecule has 0 aliphatic rings. The lowest BCUT2D eigenvalue weighted by molar-refractivity contribution is -0.140. The zero-order chi connectivity index (χ0) is 14.2. The fourth-order valence-electron chi connectivity index (χ4n) is 1.61. The maximum Gasteiger partial charge on any atom is 0.419 e. The molecule has 0 saturated carbocycles. The molecule has 2 rings (SSSR count). The molecule has 1 atom stereocenters. The lowest BCUT2D eigenvalue weighted by Crippen LogP contribution is -2.13. The van der Waals surface area contributed by atoms with Crippen LogP contribution in [0.15, 0.2) is 30.3 Å². The minimum atomic E-state index is -4.71. The van der Waals surface area contributed by atoms with Gasteiger partial charge in [-0.1, -0.05) is 17.7 Å². The van der Waals surface area contributed by atoms with E-state index in [0.29, 0.717) is 15.3 Å². The minimum absolute atomic E-state index is 0.268.